The van der Waals surface area contributed by atoms with Gasteiger partial charge in [0.05, 0.1) is 12.9 Å². The number of halogens is 1. The smallest absolute Gasteiger partial charge is 0.242 e. The maximum atomic E-state index is 11.8. The second-order valence-corrected chi connectivity index (χ2v) is 5.91. The summed E-state index contributed by atoms with van der Waals surface area (Å²) in [4.78, 5) is 11.6. The second kappa shape index (κ2) is 4.19. The zero-order valence-electron chi connectivity index (χ0n) is 9.01. The third kappa shape index (κ3) is 2.10. The molecule has 0 bridgehead atoms. The van der Waals surface area contributed by atoms with E-state index >= 15 is 0 Å². The van der Waals surface area contributed by atoms with E-state index in [1.165, 1.54) is 19.2 Å². The fourth-order valence-corrected chi connectivity index (χ4v) is 3.30. The molecule has 1 fully saturated rings. The number of amides is 1. The molecule has 5 nitrogen and oxygen atoms in total. The van der Waals surface area contributed by atoms with Crippen molar-refractivity contribution in [1.29, 1.82) is 0 Å². The first-order valence-electron chi connectivity index (χ1n) is 4.85. The Hall–Kier alpha value is -1.27. The molecule has 0 N–H and O–H groups in total. The number of methoxy groups -OCH3 is 1. The highest BCUT2D eigenvalue weighted by Gasteiger charge is 2.37. The van der Waals surface area contributed by atoms with E-state index in [0.29, 0.717) is 10.8 Å². The van der Waals surface area contributed by atoms with Gasteiger partial charge in [0.2, 0.25) is 15.9 Å². The highest BCUT2D eigenvalue weighted by molar-refractivity contribution is 7.94. The lowest BCUT2D eigenvalue weighted by molar-refractivity contribution is -0.116. The monoisotopic (exact) mass is 275 g/mol. The quantitative estimate of drug-likeness (QED) is 0.819. The van der Waals surface area contributed by atoms with Gasteiger partial charge in [-0.15, -0.1) is 0 Å². The number of benzene rings is 1. The minimum absolute atomic E-state index is 0.0159. The first kappa shape index (κ1) is 12.2. The molecule has 0 saturated carbocycles. The van der Waals surface area contributed by atoms with Gasteiger partial charge in [0, 0.05) is 11.4 Å². The number of nitrogens with zero attached hydrogens (tertiary/aromatic N) is 1. The topological polar surface area (TPSA) is 63.7 Å². The number of ether oxygens (including phenoxy) is 1. The molecule has 0 spiro atoms. The standard InChI is InChI=1S/C10H10ClNO4S/c1-16-9-3-2-7(11)6-8(9)12-10(13)4-5-17(12,14)15/h2-3,6H,4-5H2,1H3. The largest absolute Gasteiger partial charge is 0.495 e. The van der Waals surface area contributed by atoms with Gasteiger partial charge in [-0.1, -0.05) is 11.6 Å². The van der Waals surface area contributed by atoms with Crippen LogP contribution in [-0.2, 0) is 14.8 Å². The molecule has 2 rings (SSSR count). The van der Waals surface area contributed by atoms with Gasteiger partial charge in [-0.05, 0) is 18.2 Å². The van der Waals surface area contributed by atoms with Gasteiger partial charge in [0.25, 0.3) is 0 Å². The highest BCUT2D eigenvalue weighted by Crippen LogP contribution is 2.35. The molecule has 1 heterocycles. The molecule has 1 aromatic carbocycles. The summed E-state index contributed by atoms with van der Waals surface area (Å²) in [7, 11) is -2.19. The fraction of sp³-hybridized carbons (Fsp3) is 0.300. The van der Waals surface area contributed by atoms with Crippen molar-refractivity contribution in [3.63, 3.8) is 0 Å². The lowest BCUT2D eigenvalue weighted by Crippen LogP contribution is -2.29. The molecule has 0 atom stereocenters. The normalized spacial score (nSPS) is 18.5. The predicted octanol–water partition coefficient (Wildman–Crippen LogP) is 1.42. The lowest BCUT2D eigenvalue weighted by atomic mass is 10.3. The Morgan fingerprint density at radius 3 is 2.65 bits per heavy atom. The third-order valence-corrected chi connectivity index (χ3v) is 4.35. The number of hydrogen-bond donors (Lipinski definition) is 0. The third-order valence-electron chi connectivity index (χ3n) is 2.44. The molecule has 1 saturated heterocycles. The maximum Gasteiger partial charge on any atom is 0.242 e. The minimum Gasteiger partial charge on any atom is -0.495 e. The molecule has 1 aromatic rings. The van der Waals surface area contributed by atoms with E-state index < -0.39 is 15.9 Å². The molecule has 0 unspecified atom stereocenters. The second-order valence-electron chi connectivity index (χ2n) is 3.54. The zero-order valence-corrected chi connectivity index (χ0v) is 10.6. The maximum absolute atomic E-state index is 11.8. The van der Waals surface area contributed by atoms with Gasteiger partial charge in [-0.2, -0.15) is 0 Å². The molecule has 1 amide bonds. The zero-order chi connectivity index (χ0) is 12.6. The van der Waals surface area contributed by atoms with Crippen LogP contribution in [0, 0.1) is 0 Å². The molecule has 0 aromatic heterocycles. The van der Waals surface area contributed by atoms with Crippen LogP contribution in [0.3, 0.4) is 0 Å². The van der Waals surface area contributed by atoms with Crippen molar-refractivity contribution < 1.29 is 17.9 Å². The van der Waals surface area contributed by atoms with E-state index in [-0.39, 0.29) is 17.9 Å². The number of rotatable bonds is 2. The summed E-state index contributed by atoms with van der Waals surface area (Å²) in [5.74, 6) is -0.347. The van der Waals surface area contributed by atoms with E-state index in [1.807, 2.05) is 0 Å². The summed E-state index contributed by atoms with van der Waals surface area (Å²) >= 11 is 5.80. The Morgan fingerprint density at radius 2 is 2.12 bits per heavy atom. The molecule has 1 aliphatic heterocycles. The molecule has 92 valence electrons. The summed E-state index contributed by atoms with van der Waals surface area (Å²) in [5, 5.41) is 0.343. The van der Waals surface area contributed by atoms with E-state index in [0.717, 1.165) is 4.31 Å². The molecular formula is C10H10ClNO4S. The molecule has 17 heavy (non-hydrogen) atoms. The van der Waals surface area contributed by atoms with Crippen LogP contribution < -0.4 is 9.04 Å². The Bertz CT molecular complexity index is 570. The van der Waals surface area contributed by atoms with Crippen LogP contribution >= 0.6 is 11.6 Å². The first-order chi connectivity index (χ1) is 7.95. The van der Waals surface area contributed by atoms with E-state index in [9.17, 15) is 13.2 Å². The molecular weight excluding hydrogens is 266 g/mol. The Balaban J connectivity index is 2.60. The van der Waals surface area contributed by atoms with Crippen molar-refractivity contribution in [3.05, 3.63) is 23.2 Å². The van der Waals surface area contributed by atoms with Crippen LogP contribution in [0.2, 0.25) is 5.02 Å². The van der Waals surface area contributed by atoms with Crippen LogP contribution in [0.5, 0.6) is 5.75 Å². The summed E-state index contributed by atoms with van der Waals surface area (Å²) in [5.41, 5.74) is 0.169. The minimum atomic E-state index is -3.59. The van der Waals surface area contributed by atoms with Gasteiger partial charge >= 0.3 is 0 Å². The summed E-state index contributed by atoms with van der Waals surface area (Å²) in [6.45, 7) is 0. The first-order valence-corrected chi connectivity index (χ1v) is 6.84. The van der Waals surface area contributed by atoms with Crippen LogP contribution in [0.15, 0.2) is 18.2 Å². The summed E-state index contributed by atoms with van der Waals surface area (Å²) in [6.07, 6.45) is -0.0159. The van der Waals surface area contributed by atoms with Gasteiger partial charge < -0.3 is 4.74 Å². The van der Waals surface area contributed by atoms with Crippen molar-refractivity contribution >= 4 is 33.2 Å². The number of carbonyl (C=O) groups excluding carboxylic acids is 1. The fourth-order valence-electron chi connectivity index (χ4n) is 1.67. The summed E-state index contributed by atoms with van der Waals surface area (Å²) in [6, 6.07) is 4.50. The van der Waals surface area contributed by atoms with Crippen molar-refractivity contribution in [2.45, 2.75) is 6.42 Å². The lowest BCUT2D eigenvalue weighted by Gasteiger charge is -2.18. The molecule has 0 radical (unpaired) electrons. The van der Waals surface area contributed by atoms with Gasteiger partial charge in [0.15, 0.2) is 0 Å². The van der Waals surface area contributed by atoms with Gasteiger partial charge in [-0.3, -0.25) is 4.79 Å². The van der Waals surface area contributed by atoms with Crippen LogP contribution in [-0.4, -0.2) is 27.2 Å². The summed E-state index contributed by atoms with van der Waals surface area (Å²) < 4.78 is 29.3. The molecule has 1 aliphatic rings. The van der Waals surface area contributed by atoms with Gasteiger partial charge in [-0.25, -0.2) is 12.7 Å². The van der Waals surface area contributed by atoms with Crippen molar-refractivity contribution in [1.82, 2.24) is 0 Å². The van der Waals surface area contributed by atoms with E-state index in [2.05, 4.69) is 0 Å². The Kier molecular flexibility index (Phi) is 3.01. The average Bonchev–Trinajstić information content (AvgIpc) is 2.53. The van der Waals surface area contributed by atoms with Crippen molar-refractivity contribution in [3.8, 4) is 5.75 Å². The van der Waals surface area contributed by atoms with E-state index in [1.54, 1.807) is 6.07 Å². The molecule has 7 heteroatoms. The van der Waals surface area contributed by atoms with Crippen molar-refractivity contribution in [2.75, 3.05) is 17.2 Å². The SMILES string of the molecule is COc1ccc(Cl)cc1N1C(=O)CCS1(=O)=O. The Morgan fingerprint density at radius 1 is 1.41 bits per heavy atom. The predicted molar refractivity (Wildman–Crippen MR) is 63.9 cm³/mol. The Labute approximate surface area is 104 Å². The van der Waals surface area contributed by atoms with E-state index in [4.69, 9.17) is 16.3 Å². The highest BCUT2D eigenvalue weighted by atomic mass is 35.5. The van der Waals surface area contributed by atoms with Crippen LogP contribution in [0.25, 0.3) is 0 Å². The van der Waals surface area contributed by atoms with Crippen molar-refractivity contribution in [2.24, 2.45) is 0 Å². The van der Waals surface area contributed by atoms with Gasteiger partial charge in [0.1, 0.15) is 11.4 Å². The number of sulfonamides is 1. The number of carbonyl (C=O) groups is 1. The van der Waals surface area contributed by atoms with Crippen LogP contribution in [0.1, 0.15) is 6.42 Å². The number of anilines is 1. The molecule has 0 aliphatic carbocycles. The number of hydrogen-bond acceptors (Lipinski definition) is 4. The van der Waals surface area contributed by atoms with Crippen LogP contribution in [0.4, 0.5) is 5.69 Å². The average molecular weight is 276 g/mol.